The quantitative estimate of drug-likeness (QED) is 0.682. The van der Waals surface area contributed by atoms with Crippen molar-refractivity contribution in [2.24, 2.45) is 0 Å². The van der Waals surface area contributed by atoms with Gasteiger partial charge in [-0.3, -0.25) is 4.90 Å². The van der Waals surface area contributed by atoms with E-state index >= 15 is 0 Å². The summed E-state index contributed by atoms with van der Waals surface area (Å²) in [6.45, 7) is 2.95. The molecule has 2 heterocycles. The van der Waals surface area contributed by atoms with E-state index in [9.17, 15) is 21.6 Å². The van der Waals surface area contributed by atoms with Crippen molar-refractivity contribution in [3.63, 3.8) is 0 Å². The van der Waals surface area contributed by atoms with Crippen LogP contribution in [0.25, 0.3) is 0 Å². The highest BCUT2D eigenvalue weighted by atomic mass is 35.5. The van der Waals surface area contributed by atoms with Gasteiger partial charge in [-0.2, -0.15) is 13.2 Å². The number of halogens is 5. The second-order valence-electron chi connectivity index (χ2n) is 6.71. The molecular formula is C18H19Cl2F3N4O2S. The van der Waals surface area contributed by atoms with Gasteiger partial charge in [0.1, 0.15) is 5.82 Å². The summed E-state index contributed by atoms with van der Waals surface area (Å²) in [6, 6.07) is 6.77. The average Bonchev–Trinajstić information content (AvgIpc) is 2.68. The number of anilines is 1. The highest BCUT2D eigenvalue weighted by Crippen LogP contribution is 2.33. The number of nitrogens with zero attached hydrogens (tertiary/aromatic N) is 3. The van der Waals surface area contributed by atoms with Crippen molar-refractivity contribution >= 4 is 39.0 Å². The minimum absolute atomic E-state index is 0.0472. The molecule has 0 bridgehead atoms. The van der Waals surface area contributed by atoms with Gasteiger partial charge in [-0.1, -0.05) is 23.2 Å². The molecule has 30 heavy (non-hydrogen) atoms. The fraction of sp³-hybridized carbons (Fsp3) is 0.389. The van der Waals surface area contributed by atoms with Crippen LogP contribution in [0.3, 0.4) is 0 Å². The van der Waals surface area contributed by atoms with Gasteiger partial charge in [0.2, 0.25) is 10.0 Å². The van der Waals surface area contributed by atoms with Crippen LogP contribution in [0.2, 0.25) is 10.0 Å². The molecule has 1 aliphatic rings. The zero-order chi connectivity index (χ0) is 21.9. The van der Waals surface area contributed by atoms with Gasteiger partial charge in [0.05, 0.1) is 15.5 Å². The molecule has 0 aliphatic carbocycles. The molecule has 164 valence electrons. The number of pyridine rings is 1. The van der Waals surface area contributed by atoms with E-state index in [-0.39, 0.29) is 16.5 Å². The van der Waals surface area contributed by atoms with Gasteiger partial charge < -0.3 is 4.90 Å². The minimum atomic E-state index is -4.49. The maximum absolute atomic E-state index is 12.7. The van der Waals surface area contributed by atoms with Crippen molar-refractivity contribution in [3.8, 4) is 0 Å². The van der Waals surface area contributed by atoms with Gasteiger partial charge in [0, 0.05) is 50.5 Å². The Morgan fingerprint density at radius 3 is 2.27 bits per heavy atom. The number of aromatic nitrogens is 1. The molecule has 0 unspecified atom stereocenters. The molecule has 0 saturated carbocycles. The zero-order valence-electron chi connectivity index (χ0n) is 15.7. The van der Waals surface area contributed by atoms with Gasteiger partial charge in [-0.15, -0.1) is 0 Å². The van der Waals surface area contributed by atoms with E-state index in [2.05, 4.69) is 14.6 Å². The molecule has 6 nitrogen and oxygen atoms in total. The Morgan fingerprint density at radius 1 is 1.07 bits per heavy atom. The average molecular weight is 483 g/mol. The summed E-state index contributed by atoms with van der Waals surface area (Å²) in [5.41, 5.74) is -0.886. The summed E-state index contributed by atoms with van der Waals surface area (Å²) in [4.78, 5) is 7.89. The Morgan fingerprint density at radius 2 is 1.70 bits per heavy atom. The molecule has 3 rings (SSSR count). The third kappa shape index (κ3) is 5.76. The Hall–Kier alpha value is -1.59. The standard InChI is InChI=1S/C18H19Cl2F3N4O2S/c19-14-1-3-15(4-2-14)30(28,29)25-5-6-26-7-9-27(10-8-26)17-16(20)11-13(12-24-17)18(21,22)23/h1-4,11-12,25H,5-10H2. The number of benzene rings is 1. The van der Waals surface area contributed by atoms with E-state index in [4.69, 9.17) is 23.2 Å². The monoisotopic (exact) mass is 482 g/mol. The first-order valence-corrected chi connectivity index (χ1v) is 11.3. The lowest BCUT2D eigenvalue weighted by Crippen LogP contribution is -2.48. The van der Waals surface area contributed by atoms with Crippen molar-refractivity contribution < 1.29 is 21.6 Å². The van der Waals surface area contributed by atoms with Gasteiger partial charge in [-0.25, -0.2) is 18.1 Å². The second-order valence-corrected chi connectivity index (χ2v) is 9.32. The topological polar surface area (TPSA) is 65.5 Å². The van der Waals surface area contributed by atoms with Gasteiger partial charge >= 0.3 is 6.18 Å². The molecule has 0 amide bonds. The summed E-state index contributed by atoms with van der Waals surface area (Å²) in [5, 5.41) is 0.406. The van der Waals surface area contributed by atoms with Crippen molar-refractivity contribution in [1.29, 1.82) is 0 Å². The van der Waals surface area contributed by atoms with Crippen molar-refractivity contribution in [2.45, 2.75) is 11.1 Å². The van der Waals surface area contributed by atoms with E-state index in [1.807, 2.05) is 4.90 Å². The molecule has 1 aromatic heterocycles. The SMILES string of the molecule is O=S(=O)(NCCN1CCN(c2ncc(C(F)(F)F)cc2Cl)CC1)c1ccc(Cl)cc1. The first kappa shape index (κ1) is 23.1. The summed E-state index contributed by atoms with van der Waals surface area (Å²) < 4.78 is 65.3. The van der Waals surface area contributed by atoms with Crippen LogP contribution in [-0.2, 0) is 16.2 Å². The molecular weight excluding hydrogens is 464 g/mol. The fourth-order valence-electron chi connectivity index (χ4n) is 3.04. The number of hydrogen-bond acceptors (Lipinski definition) is 5. The Bertz CT molecular complexity index is 980. The smallest absolute Gasteiger partial charge is 0.353 e. The normalized spacial score (nSPS) is 16.1. The number of nitrogens with one attached hydrogen (secondary N) is 1. The number of alkyl halides is 3. The van der Waals surface area contributed by atoms with Crippen LogP contribution in [0.15, 0.2) is 41.4 Å². The minimum Gasteiger partial charge on any atom is -0.353 e. The maximum atomic E-state index is 12.7. The molecule has 12 heteroatoms. The van der Waals surface area contributed by atoms with Crippen LogP contribution in [-0.4, -0.2) is 57.6 Å². The lowest BCUT2D eigenvalue weighted by molar-refractivity contribution is -0.137. The Labute approximate surface area is 182 Å². The Kier molecular flexibility index (Phi) is 7.13. The zero-order valence-corrected chi connectivity index (χ0v) is 18.0. The molecule has 0 spiro atoms. The van der Waals surface area contributed by atoms with E-state index in [1.54, 1.807) is 0 Å². The van der Waals surface area contributed by atoms with E-state index in [0.29, 0.717) is 43.6 Å². The van der Waals surface area contributed by atoms with Crippen molar-refractivity contribution in [1.82, 2.24) is 14.6 Å². The Balaban J connectivity index is 1.50. The predicted molar refractivity (Wildman–Crippen MR) is 110 cm³/mol. The van der Waals surface area contributed by atoms with Crippen LogP contribution in [0.4, 0.5) is 19.0 Å². The third-order valence-corrected chi connectivity index (χ3v) is 6.67. The van der Waals surface area contributed by atoms with Crippen LogP contribution in [0.5, 0.6) is 0 Å². The number of hydrogen-bond donors (Lipinski definition) is 1. The molecule has 1 N–H and O–H groups in total. The number of piperazine rings is 1. The summed E-state index contributed by atoms with van der Waals surface area (Å²) in [5.74, 6) is 0.313. The number of sulfonamides is 1. The maximum Gasteiger partial charge on any atom is 0.417 e. The number of rotatable bonds is 6. The van der Waals surface area contributed by atoms with E-state index < -0.39 is 21.8 Å². The molecule has 1 fully saturated rings. The lowest BCUT2D eigenvalue weighted by Gasteiger charge is -2.35. The lowest BCUT2D eigenvalue weighted by atomic mass is 10.2. The highest BCUT2D eigenvalue weighted by Gasteiger charge is 2.32. The summed E-state index contributed by atoms with van der Waals surface area (Å²) >= 11 is 11.8. The van der Waals surface area contributed by atoms with E-state index in [1.165, 1.54) is 24.3 Å². The van der Waals surface area contributed by atoms with Crippen molar-refractivity contribution in [2.75, 3.05) is 44.2 Å². The molecule has 0 atom stereocenters. The van der Waals surface area contributed by atoms with Gasteiger partial charge in [0.15, 0.2) is 0 Å². The van der Waals surface area contributed by atoms with Crippen LogP contribution in [0.1, 0.15) is 5.56 Å². The highest BCUT2D eigenvalue weighted by molar-refractivity contribution is 7.89. The molecule has 0 radical (unpaired) electrons. The van der Waals surface area contributed by atoms with Gasteiger partial charge in [-0.05, 0) is 30.3 Å². The first-order valence-electron chi connectivity index (χ1n) is 9.01. The fourth-order valence-corrected chi connectivity index (χ4v) is 4.47. The predicted octanol–water partition coefficient (Wildman–Crippen LogP) is 3.51. The largest absolute Gasteiger partial charge is 0.417 e. The molecule has 1 aliphatic heterocycles. The molecule has 2 aromatic rings. The van der Waals surface area contributed by atoms with Crippen LogP contribution >= 0.6 is 23.2 Å². The summed E-state index contributed by atoms with van der Waals surface area (Å²) in [6.07, 6.45) is -3.72. The second kappa shape index (κ2) is 9.27. The van der Waals surface area contributed by atoms with Gasteiger partial charge in [0.25, 0.3) is 0 Å². The van der Waals surface area contributed by atoms with E-state index in [0.717, 1.165) is 12.3 Å². The van der Waals surface area contributed by atoms with Crippen LogP contribution in [0, 0.1) is 0 Å². The van der Waals surface area contributed by atoms with Crippen molar-refractivity contribution in [3.05, 3.63) is 52.1 Å². The molecule has 1 saturated heterocycles. The first-order chi connectivity index (χ1) is 14.1. The van der Waals surface area contributed by atoms with Crippen LogP contribution < -0.4 is 9.62 Å². The summed E-state index contributed by atoms with van der Waals surface area (Å²) in [7, 11) is -3.62. The third-order valence-electron chi connectivity index (χ3n) is 4.66. The molecule has 1 aromatic carbocycles.